The second-order valence-electron chi connectivity index (χ2n) is 2.02. The zero-order valence-electron chi connectivity index (χ0n) is 11.3. The highest BCUT2D eigenvalue weighted by Gasteiger charge is 2.10. The van der Waals surface area contributed by atoms with Crippen LogP contribution in [0.15, 0.2) is 12.7 Å². The van der Waals surface area contributed by atoms with Crippen molar-refractivity contribution < 1.29 is 34.2 Å². The molecule has 0 saturated carbocycles. The minimum Gasteiger partial charge on any atom is -0.397 e. The monoisotopic (exact) mass is 293 g/mol. The van der Waals surface area contributed by atoms with E-state index >= 15 is 0 Å². The number of rotatable bonds is 3. The SMILES string of the molecule is C=CCOP(=O)(O)O.CCO.CCO.CCO.N. The molecule has 9 heteroatoms. The molecule has 0 aromatic rings. The van der Waals surface area contributed by atoms with Crippen LogP contribution in [-0.4, -0.2) is 51.5 Å². The first kappa shape index (κ1) is 30.6. The van der Waals surface area contributed by atoms with E-state index in [2.05, 4.69) is 11.1 Å². The van der Waals surface area contributed by atoms with E-state index in [1.54, 1.807) is 20.8 Å². The molecule has 116 valence electrons. The van der Waals surface area contributed by atoms with Gasteiger partial charge in [0.1, 0.15) is 0 Å². The Labute approximate surface area is 109 Å². The van der Waals surface area contributed by atoms with Crippen molar-refractivity contribution in [2.45, 2.75) is 20.8 Å². The molecule has 18 heavy (non-hydrogen) atoms. The van der Waals surface area contributed by atoms with E-state index < -0.39 is 7.82 Å². The molecule has 0 spiro atoms. The number of hydrogen-bond acceptors (Lipinski definition) is 6. The fourth-order valence-corrected chi connectivity index (χ4v) is 0.449. The lowest BCUT2D eigenvalue weighted by Crippen LogP contribution is -1.86. The van der Waals surface area contributed by atoms with Crippen LogP contribution in [0.1, 0.15) is 20.8 Å². The minimum atomic E-state index is -4.25. The highest BCUT2D eigenvalue weighted by atomic mass is 31.2. The van der Waals surface area contributed by atoms with E-state index in [1.165, 1.54) is 6.08 Å². The van der Waals surface area contributed by atoms with Gasteiger partial charge in [-0.2, -0.15) is 0 Å². The molecule has 0 aliphatic heterocycles. The van der Waals surface area contributed by atoms with Crippen LogP contribution in [-0.2, 0) is 9.09 Å². The van der Waals surface area contributed by atoms with Gasteiger partial charge in [-0.15, -0.1) is 6.58 Å². The maximum Gasteiger partial charge on any atom is 0.469 e. The fourth-order valence-electron chi connectivity index (χ4n) is 0.150. The molecule has 0 heterocycles. The van der Waals surface area contributed by atoms with Gasteiger partial charge in [0, 0.05) is 19.8 Å². The lowest BCUT2D eigenvalue weighted by molar-refractivity contribution is 0.216. The first-order chi connectivity index (χ1) is 7.80. The zero-order valence-corrected chi connectivity index (χ0v) is 12.2. The Morgan fingerprint density at radius 1 is 1.06 bits per heavy atom. The second-order valence-corrected chi connectivity index (χ2v) is 3.26. The summed E-state index contributed by atoms with van der Waals surface area (Å²) in [4.78, 5) is 16.0. The minimum absolute atomic E-state index is 0. The quantitative estimate of drug-likeness (QED) is 0.322. The average molecular weight is 293 g/mol. The van der Waals surface area contributed by atoms with E-state index in [0.29, 0.717) is 0 Å². The Kier molecular flexibility index (Phi) is 51.1. The predicted octanol–water partition coefficient (Wildman–Crippen LogP) is 0.439. The van der Waals surface area contributed by atoms with Crippen LogP contribution < -0.4 is 6.15 Å². The van der Waals surface area contributed by atoms with E-state index in [0.717, 1.165) is 0 Å². The van der Waals surface area contributed by atoms with Gasteiger partial charge in [0.05, 0.1) is 6.61 Å². The summed E-state index contributed by atoms with van der Waals surface area (Å²) in [7, 11) is -4.25. The van der Waals surface area contributed by atoms with Crippen molar-refractivity contribution in [3.8, 4) is 0 Å². The molecule has 0 fully saturated rings. The highest BCUT2D eigenvalue weighted by molar-refractivity contribution is 7.46. The molecule has 0 aliphatic carbocycles. The number of aliphatic hydroxyl groups is 3. The lowest BCUT2D eigenvalue weighted by atomic mass is 10.7. The summed E-state index contributed by atoms with van der Waals surface area (Å²) in [5.74, 6) is 0. The van der Waals surface area contributed by atoms with Gasteiger partial charge < -0.3 is 31.3 Å². The van der Waals surface area contributed by atoms with Gasteiger partial charge >= 0.3 is 7.82 Å². The summed E-state index contributed by atoms with van der Waals surface area (Å²) in [6.45, 7) is 8.87. The number of hydrogen-bond donors (Lipinski definition) is 6. The molecule has 0 amide bonds. The van der Waals surface area contributed by atoms with Crippen molar-refractivity contribution in [3.05, 3.63) is 12.7 Å². The standard InChI is InChI=1S/C3H7O4P.3C2H6O.H3N/c1-2-3-7-8(4,5)6;3*1-2-3;/h2H,1,3H2,(H2,4,5,6);3*3H,2H2,1H3;1H3. The fraction of sp³-hybridized carbons (Fsp3) is 0.778. The molecule has 0 atom stereocenters. The van der Waals surface area contributed by atoms with Gasteiger partial charge in [-0.3, -0.25) is 4.52 Å². The predicted molar refractivity (Wildman–Crippen MR) is 71.5 cm³/mol. The molecule has 0 radical (unpaired) electrons. The molecule has 8 nitrogen and oxygen atoms in total. The number of phosphoric ester groups is 1. The van der Waals surface area contributed by atoms with Crippen molar-refractivity contribution in [3.63, 3.8) is 0 Å². The summed E-state index contributed by atoms with van der Waals surface area (Å²) >= 11 is 0. The maximum absolute atomic E-state index is 9.81. The third-order valence-corrected chi connectivity index (χ3v) is 0.846. The van der Waals surface area contributed by atoms with Crippen LogP contribution in [0.4, 0.5) is 0 Å². The number of aliphatic hydroxyl groups excluding tert-OH is 3. The Morgan fingerprint density at radius 2 is 1.28 bits per heavy atom. The first-order valence-electron chi connectivity index (χ1n) is 4.94. The van der Waals surface area contributed by atoms with Crippen LogP contribution in [0.5, 0.6) is 0 Å². The highest BCUT2D eigenvalue weighted by Crippen LogP contribution is 2.35. The topological polar surface area (TPSA) is 162 Å². The third-order valence-electron chi connectivity index (χ3n) is 0.361. The molecular weight excluding hydrogens is 265 g/mol. The van der Waals surface area contributed by atoms with Crippen molar-refractivity contribution in [2.24, 2.45) is 0 Å². The normalized spacial score (nSPS) is 8.00. The summed E-state index contributed by atoms with van der Waals surface area (Å²) in [6.07, 6.45) is 1.26. The molecule has 0 aromatic heterocycles. The molecule has 0 bridgehead atoms. The molecular formula is C9H28NO7P. The Morgan fingerprint density at radius 3 is 1.33 bits per heavy atom. The molecule has 0 rings (SSSR count). The maximum atomic E-state index is 9.81. The summed E-state index contributed by atoms with van der Waals surface area (Å²) < 4.78 is 13.7. The van der Waals surface area contributed by atoms with Crippen LogP contribution in [0.2, 0.25) is 0 Å². The zero-order chi connectivity index (χ0) is 14.7. The second kappa shape index (κ2) is 30.1. The Hall–Kier alpha value is -0.310. The van der Waals surface area contributed by atoms with E-state index in [9.17, 15) is 4.57 Å². The largest absolute Gasteiger partial charge is 0.469 e. The van der Waals surface area contributed by atoms with Crippen molar-refractivity contribution in [1.82, 2.24) is 6.15 Å². The third kappa shape index (κ3) is 154. The van der Waals surface area contributed by atoms with Crippen molar-refractivity contribution >= 4 is 7.82 Å². The van der Waals surface area contributed by atoms with Gasteiger partial charge in [-0.1, -0.05) is 6.08 Å². The van der Waals surface area contributed by atoms with Gasteiger partial charge in [-0.05, 0) is 20.8 Å². The van der Waals surface area contributed by atoms with Crippen LogP contribution >= 0.6 is 7.82 Å². The summed E-state index contributed by atoms with van der Waals surface area (Å²) in [6, 6.07) is 0. The molecule has 0 aromatic carbocycles. The number of phosphoric acid groups is 1. The van der Waals surface area contributed by atoms with E-state index in [4.69, 9.17) is 25.1 Å². The van der Waals surface area contributed by atoms with Crippen LogP contribution in [0.3, 0.4) is 0 Å². The first-order valence-corrected chi connectivity index (χ1v) is 6.47. The van der Waals surface area contributed by atoms with Gasteiger partial charge in [0.15, 0.2) is 0 Å². The summed E-state index contributed by atoms with van der Waals surface area (Å²) in [5.41, 5.74) is 0. The van der Waals surface area contributed by atoms with E-state index in [-0.39, 0.29) is 32.6 Å². The van der Waals surface area contributed by atoms with Crippen LogP contribution in [0, 0.1) is 0 Å². The van der Waals surface area contributed by atoms with Gasteiger partial charge in [0.25, 0.3) is 0 Å². The average Bonchev–Trinajstić information content (AvgIpc) is 2.17. The van der Waals surface area contributed by atoms with Gasteiger partial charge in [0.2, 0.25) is 0 Å². The van der Waals surface area contributed by atoms with Crippen molar-refractivity contribution in [2.75, 3.05) is 26.4 Å². The lowest BCUT2D eigenvalue weighted by Gasteiger charge is -1.98. The van der Waals surface area contributed by atoms with Crippen LogP contribution in [0.25, 0.3) is 0 Å². The Bertz CT molecular complexity index is 158. The smallest absolute Gasteiger partial charge is 0.397 e. The molecule has 0 aliphatic rings. The summed E-state index contributed by atoms with van der Waals surface area (Å²) in [5, 5.41) is 22.7. The van der Waals surface area contributed by atoms with E-state index in [1.807, 2.05) is 0 Å². The van der Waals surface area contributed by atoms with Gasteiger partial charge in [-0.25, -0.2) is 4.57 Å². The van der Waals surface area contributed by atoms with Crippen molar-refractivity contribution in [1.29, 1.82) is 0 Å². The molecule has 0 saturated heterocycles. The molecule has 0 unspecified atom stereocenters. The Balaban J connectivity index is -0.0000000477. The molecule has 8 N–H and O–H groups in total.